The van der Waals surface area contributed by atoms with Crippen LogP contribution in [0.3, 0.4) is 0 Å². The molecule has 4 nitrogen and oxygen atoms in total. The fraction of sp³-hybridized carbons (Fsp3) is 0.381. The molecule has 0 fully saturated rings. The molecule has 0 aliphatic carbocycles. The SMILES string of the molecule is CN(CCC(Oc1ccc(C(F)(F)F)cc1)c1ccccc1)C(=O)CCCN. The highest BCUT2D eigenvalue weighted by Crippen LogP contribution is 2.32. The van der Waals surface area contributed by atoms with E-state index in [2.05, 4.69) is 0 Å². The van der Waals surface area contributed by atoms with Gasteiger partial charge in [0.1, 0.15) is 11.9 Å². The minimum absolute atomic E-state index is 0.00629. The summed E-state index contributed by atoms with van der Waals surface area (Å²) in [4.78, 5) is 13.7. The van der Waals surface area contributed by atoms with Crippen molar-refractivity contribution in [3.8, 4) is 5.75 Å². The highest BCUT2D eigenvalue weighted by Gasteiger charge is 2.30. The van der Waals surface area contributed by atoms with E-state index in [9.17, 15) is 18.0 Å². The zero-order valence-corrected chi connectivity index (χ0v) is 15.8. The molecule has 2 N–H and O–H groups in total. The summed E-state index contributed by atoms with van der Waals surface area (Å²) in [7, 11) is 1.72. The van der Waals surface area contributed by atoms with Crippen molar-refractivity contribution in [1.82, 2.24) is 4.90 Å². The number of carbonyl (C=O) groups excluding carboxylic acids is 1. The second kappa shape index (κ2) is 10.1. The first-order chi connectivity index (χ1) is 13.3. The zero-order valence-electron chi connectivity index (χ0n) is 15.8. The second-order valence-corrected chi connectivity index (χ2v) is 6.54. The van der Waals surface area contributed by atoms with Crippen molar-refractivity contribution in [3.63, 3.8) is 0 Å². The molecule has 0 saturated heterocycles. The van der Waals surface area contributed by atoms with Crippen molar-refractivity contribution < 1.29 is 22.7 Å². The Morgan fingerprint density at radius 1 is 1.11 bits per heavy atom. The van der Waals surface area contributed by atoms with Gasteiger partial charge in [-0.15, -0.1) is 0 Å². The Kier molecular flexibility index (Phi) is 7.87. The molecule has 1 atom stereocenters. The van der Waals surface area contributed by atoms with E-state index in [1.54, 1.807) is 11.9 Å². The first-order valence-corrected chi connectivity index (χ1v) is 9.14. The fourth-order valence-corrected chi connectivity index (χ4v) is 2.73. The van der Waals surface area contributed by atoms with E-state index in [1.165, 1.54) is 12.1 Å². The monoisotopic (exact) mass is 394 g/mol. The first kappa shape index (κ1) is 21.8. The molecule has 0 spiro atoms. The lowest BCUT2D eigenvalue weighted by Gasteiger charge is -2.23. The Morgan fingerprint density at radius 3 is 2.32 bits per heavy atom. The van der Waals surface area contributed by atoms with E-state index >= 15 is 0 Å². The summed E-state index contributed by atoms with van der Waals surface area (Å²) in [5, 5.41) is 0. The number of rotatable bonds is 9. The standard InChI is InChI=1S/C21H25F3N2O2/c1-26(20(27)8-5-14-25)15-13-19(16-6-3-2-4-7-16)28-18-11-9-17(10-12-18)21(22,23)24/h2-4,6-7,9-12,19H,5,8,13-15,25H2,1H3. The quantitative estimate of drug-likeness (QED) is 0.685. The van der Waals surface area contributed by atoms with Gasteiger partial charge in [-0.1, -0.05) is 30.3 Å². The van der Waals surface area contributed by atoms with Crippen LogP contribution in [-0.2, 0) is 11.0 Å². The average Bonchev–Trinajstić information content (AvgIpc) is 2.69. The minimum Gasteiger partial charge on any atom is -0.486 e. The molecule has 2 aromatic carbocycles. The number of nitrogens with two attached hydrogens (primary N) is 1. The predicted octanol–water partition coefficient (Wildman–Crippen LogP) is 4.41. The van der Waals surface area contributed by atoms with Gasteiger partial charge in [-0.05, 0) is 42.8 Å². The number of amides is 1. The van der Waals surface area contributed by atoms with E-state index in [0.717, 1.165) is 17.7 Å². The topological polar surface area (TPSA) is 55.6 Å². The molecule has 2 rings (SSSR count). The van der Waals surface area contributed by atoms with Gasteiger partial charge < -0.3 is 15.4 Å². The number of hydrogen-bond donors (Lipinski definition) is 1. The summed E-state index contributed by atoms with van der Waals surface area (Å²) in [5.41, 5.74) is 5.61. The average molecular weight is 394 g/mol. The molecule has 0 aromatic heterocycles. The second-order valence-electron chi connectivity index (χ2n) is 6.54. The number of halogens is 3. The maximum atomic E-state index is 12.7. The molecule has 2 aromatic rings. The largest absolute Gasteiger partial charge is 0.486 e. The molecule has 28 heavy (non-hydrogen) atoms. The van der Waals surface area contributed by atoms with Crippen molar-refractivity contribution >= 4 is 5.91 Å². The molecule has 0 bridgehead atoms. The lowest BCUT2D eigenvalue weighted by molar-refractivity contribution is -0.137. The van der Waals surface area contributed by atoms with Crippen LogP contribution in [0.2, 0.25) is 0 Å². The van der Waals surface area contributed by atoms with Gasteiger partial charge in [0, 0.05) is 26.4 Å². The smallest absolute Gasteiger partial charge is 0.416 e. The summed E-state index contributed by atoms with van der Waals surface area (Å²) < 4.78 is 44.2. The van der Waals surface area contributed by atoms with Crippen molar-refractivity contribution in [2.45, 2.75) is 31.5 Å². The van der Waals surface area contributed by atoms with Crippen LogP contribution in [0.5, 0.6) is 5.75 Å². The summed E-state index contributed by atoms with van der Waals surface area (Å²) in [6.45, 7) is 0.923. The van der Waals surface area contributed by atoms with Gasteiger partial charge in [0.2, 0.25) is 5.91 Å². The van der Waals surface area contributed by atoms with Crippen LogP contribution >= 0.6 is 0 Å². The van der Waals surface area contributed by atoms with Gasteiger partial charge in [-0.25, -0.2) is 0 Å². The molecule has 152 valence electrons. The lowest BCUT2D eigenvalue weighted by Crippen LogP contribution is -2.29. The highest BCUT2D eigenvalue weighted by atomic mass is 19.4. The lowest BCUT2D eigenvalue weighted by atomic mass is 10.1. The van der Waals surface area contributed by atoms with Crippen molar-refractivity contribution in [2.24, 2.45) is 5.73 Å². The Hall–Kier alpha value is -2.54. The first-order valence-electron chi connectivity index (χ1n) is 9.14. The zero-order chi connectivity index (χ0) is 20.6. The third kappa shape index (κ3) is 6.56. The number of benzene rings is 2. The van der Waals surface area contributed by atoms with E-state index in [1.807, 2.05) is 30.3 Å². The number of ether oxygens (including phenoxy) is 1. The number of alkyl halides is 3. The van der Waals surface area contributed by atoms with E-state index in [-0.39, 0.29) is 12.0 Å². The Bertz CT molecular complexity index is 734. The van der Waals surface area contributed by atoms with Crippen LogP contribution in [-0.4, -0.2) is 30.9 Å². The summed E-state index contributed by atoms with van der Waals surface area (Å²) in [6.07, 6.45) is -3.24. The van der Waals surface area contributed by atoms with Crippen molar-refractivity contribution in [1.29, 1.82) is 0 Å². The molecule has 1 amide bonds. The van der Waals surface area contributed by atoms with Gasteiger partial charge in [0.15, 0.2) is 0 Å². The molecular weight excluding hydrogens is 369 g/mol. The van der Waals surface area contributed by atoms with Gasteiger partial charge in [-0.3, -0.25) is 4.79 Å². The summed E-state index contributed by atoms with van der Waals surface area (Å²) in [5.74, 6) is 0.353. The highest BCUT2D eigenvalue weighted by molar-refractivity contribution is 5.75. The molecule has 0 aliphatic heterocycles. The van der Waals surface area contributed by atoms with Gasteiger partial charge in [0.25, 0.3) is 0 Å². The molecular formula is C21H25F3N2O2. The van der Waals surface area contributed by atoms with Crippen LogP contribution < -0.4 is 10.5 Å². The normalized spacial score (nSPS) is 12.5. The molecule has 0 saturated carbocycles. The maximum absolute atomic E-state index is 12.7. The molecule has 0 radical (unpaired) electrons. The van der Waals surface area contributed by atoms with Crippen LogP contribution in [0.15, 0.2) is 54.6 Å². The number of hydrogen-bond acceptors (Lipinski definition) is 3. The van der Waals surface area contributed by atoms with E-state index < -0.39 is 11.7 Å². The molecule has 0 heterocycles. The minimum atomic E-state index is -4.38. The number of carbonyl (C=O) groups is 1. The Balaban J connectivity index is 2.07. The third-order valence-electron chi connectivity index (χ3n) is 4.38. The van der Waals surface area contributed by atoms with Gasteiger partial charge >= 0.3 is 6.18 Å². The third-order valence-corrected chi connectivity index (χ3v) is 4.38. The maximum Gasteiger partial charge on any atom is 0.416 e. The van der Waals surface area contributed by atoms with Gasteiger partial charge in [0.05, 0.1) is 5.56 Å². The van der Waals surface area contributed by atoms with Crippen molar-refractivity contribution in [3.05, 3.63) is 65.7 Å². The summed E-state index contributed by atoms with van der Waals surface area (Å²) in [6, 6.07) is 14.0. The van der Waals surface area contributed by atoms with E-state index in [0.29, 0.717) is 38.1 Å². The van der Waals surface area contributed by atoms with Crippen LogP contribution in [0, 0.1) is 0 Å². The van der Waals surface area contributed by atoms with Crippen LogP contribution in [0.25, 0.3) is 0 Å². The number of nitrogens with zero attached hydrogens (tertiary/aromatic N) is 1. The fourth-order valence-electron chi connectivity index (χ4n) is 2.73. The Labute approximate surface area is 163 Å². The molecule has 0 aliphatic rings. The predicted molar refractivity (Wildman–Crippen MR) is 102 cm³/mol. The van der Waals surface area contributed by atoms with Crippen LogP contribution in [0.4, 0.5) is 13.2 Å². The molecule has 7 heteroatoms. The van der Waals surface area contributed by atoms with Crippen LogP contribution in [0.1, 0.15) is 36.5 Å². The summed E-state index contributed by atoms with van der Waals surface area (Å²) >= 11 is 0. The Morgan fingerprint density at radius 2 is 1.75 bits per heavy atom. The van der Waals surface area contributed by atoms with Crippen molar-refractivity contribution in [2.75, 3.05) is 20.1 Å². The van der Waals surface area contributed by atoms with E-state index in [4.69, 9.17) is 10.5 Å². The molecule has 1 unspecified atom stereocenters. The van der Waals surface area contributed by atoms with Gasteiger partial charge in [-0.2, -0.15) is 13.2 Å².